The second-order valence-electron chi connectivity index (χ2n) is 3.86. The van der Waals surface area contributed by atoms with Gasteiger partial charge < -0.3 is 9.73 Å². The van der Waals surface area contributed by atoms with E-state index in [0.717, 1.165) is 17.1 Å². The summed E-state index contributed by atoms with van der Waals surface area (Å²) in [5.41, 5.74) is 1.88. The molecule has 1 aromatic carbocycles. The maximum Gasteiger partial charge on any atom is 0.193 e. The van der Waals surface area contributed by atoms with E-state index >= 15 is 0 Å². The summed E-state index contributed by atoms with van der Waals surface area (Å²) in [6, 6.07) is 11.3. The van der Waals surface area contributed by atoms with Crippen LogP contribution in [0, 0.1) is 0 Å². The van der Waals surface area contributed by atoms with Crippen molar-refractivity contribution < 1.29 is 4.42 Å². The molecule has 3 aromatic rings. The molecule has 0 aliphatic heterocycles. The molecule has 0 saturated carbocycles. The van der Waals surface area contributed by atoms with Crippen molar-refractivity contribution in [1.29, 1.82) is 0 Å². The van der Waals surface area contributed by atoms with Gasteiger partial charge in [-0.25, -0.2) is 4.68 Å². The molecule has 0 amide bonds. The minimum atomic E-state index is 0.394. The van der Waals surface area contributed by atoms with Gasteiger partial charge in [0.05, 0.1) is 12.2 Å². The van der Waals surface area contributed by atoms with Crippen molar-refractivity contribution in [3.8, 4) is 5.69 Å². The summed E-state index contributed by atoms with van der Waals surface area (Å²) in [5, 5.41) is 14.6. The SMILES string of the molecule is Clc1ccc(CNc2ccc(-n3cnnn3)cc2)o1. The highest BCUT2D eigenvalue weighted by atomic mass is 35.5. The predicted octanol–water partition coefficient (Wildman–Crippen LogP) is 2.52. The van der Waals surface area contributed by atoms with E-state index in [9.17, 15) is 0 Å². The van der Waals surface area contributed by atoms with Crippen LogP contribution in [0.1, 0.15) is 5.76 Å². The number of aromatic nitrogens is 4. The Balaban J connectivity index is 1.66. The van der Waals surface area contributed by atoms with E-state index in [2.05, 4.69) is 20.8 Å². The minimum absolute atomic E-state index is 0.394. The van der Waals surface area contributed by atoms with Crippen molar-refractivity contribution in [2.75, 3.05) is 5.32 Å². The Labute approximate surface area is 114 Å². The van der Waals surface area contributed by atoms with Crippen LogP contribution in [-0.4, -0.2) is 20.2 Å². The lowest BCUT2D eigenvalue weighted by Gasteiger charge is -2.05. The summed E-state index contributed by atoms with van der Waals surface area (Å²) in [4.78, 5) is 0. The first kappa shape index (κ1) is 11.7. The number of halogens is 1. The largest absolute Gasteiger partial charge is 0.448 e. The van der Waals surface area contributed by atoms with Crippen LogP contribution in [0.3, 0.4) is 0 Å². The summed E-state index contributed by atoms with van der Waals surface area (Å²) >= 11 is 5.70. The second-order valence-corrected chi connectivity index (χ2v) is 4.23. The van der Waals surface area contributed by atoms with Gasteiger partial charge in [0.15, 0.2) is 5.22 Å². The van der Waals surface area contributed by atoms with Crippen molar-refractivity contribution in [2.45, 2.75) is 6.54 Å². The Hall–Kier alpha value is -2.34. The van der Waals surface area contributed by atoms with Crippen LogP contribution in [0.2, 0.25) is 5.22 Å². The third kappa shape index (κ3) is 2.74. The first-order chi connectivity index (χ1) is 9.31. The van der Waals surface area contributed by atoms with E-state index in [4.69, 9.17) is 16.0 Å². The molecule has 0 radical (unpaired) electrons. The highest BCUT2D eigenvalue weighted by Crippen LogP contribution is 2.16. The molecule has 0 fully saturated rings. The number of nitrogens with one attached hydrogen (secondary N) is 1. The molecule has 0 unspecified atom stereocenters. The number of nitrogens with zero attached hydrogens (tertiary/aromatic N) is 4. The second kappa shape index (κ2) is 5.11. The number of hydrogen-bond acceptors (Lipinski definition) is 5. The number of anilines is 1. The van der Waals surface area contributed by atoms with E-state index in [1.54, 1.807) is 17.1 Å². The molecule has 3 rings (SSSR count). The number of benzene rings is 1. The molecule has 96 valence electrons. The highest BCUT2D eigenvalue weighted by Gasteiger charge is 2.01. The van der Waals surface area contributed by atoms with Crippen LogP contribution in [0.25, 0.3) is 5.69 Å². The molecule has 0 bridgehead atoms. The van der Waals surface area contributed by atoms with Gasteiger partial charge in [-0.2, -0.15) is 0 Å². The van der Waals surface area contributed by atoms with E-state index < -0.39 is 0 Å². The number of hydrogen-bond donors (Lipinski definition) is 1. The van der Waals surface area contributed by atoms with E-state index in [-0.39, 0.29) is 0 Å². The maximum atomic E-state index is 5.70. The zero-order chi connectivity index (χ0) is 13.1. The van der Waals surface area contributed by atoms with Crippen molar-refractivity contribution >= 4 is 17.3 Å². The topological polar surface area (TPSA) is 68.8 Å². The fourth-order valence-electron chi connectivity index (χ4n) is 1.65. The zero-order valence-corrected chi connectivity index (χ0v) is 10.6. The van der Waals surface area contributed by atoms with Gasteiger partial charge in [0.2, 0.25) is 0 Å². The van der Waals surface area contributed by atoms with E-state index in [0.29, 0.717) is 11.8 Å². The van der Waals surface area contributed by atoms with E-state index in [1.807, 2.05) is 30.3 Å². The first-order valence-corrected chi connectivity index (χ1v) is 6.00. The molecule has 0 atom stereocenters. The molecular weight excluding hydrogens is 266 g/mol. The Bertz CT molecular complexity index is 647. The molecule has 2 heterocycles. The molecule has 0 spiro atoms. The quantitative estimate of drug-likeness (QED) is 0.792. The number of furan rings is 1. The Morgan fingerprint density at radius 1 is 1.16 bits per heavy atom. The molecule has 6 nitrogen and oxygen atoms in total. The molecule has 19 heavy (non-hydrogen) atoms. The fraction of sp³-hybridized carbons (Fsp3) is 0.0833. The lowest BCUT2D eigenvalue weighted by Crippen LogP contribution is -1.99. The monoisotopic (exact) mass is 275 g/mol. The lowest BCUT2D eigenvalue weighted by atomic mass is 10.3. The summed E-state index contributed by atoms with van der Waals surface area (Å²) in [6.45, 7) is 0.580. The van der Waals surface area contributed by atoms with Crippen LogP contribution < -0.4 is 5.32 Å². The van der Waals surface area contributed by atoms with Crippen molar-refractivity contribution in [3.63, 3.8) is 0 Å². The maximum absolute atomic E-state index is 5.70. The minimum Gasteiger partial charge on any atom is -0.448 e. The van der Waals surface area contributed by atoms with Gasteiger partial charge in [-0.3, -0.25) is 0 Å². The van der Waals surface area contributed by atoms with Crippen molar-refractivity contribution in [3.05, 3.63) is 53.7 Å². The van der Waals surface area contributed by atoms with Gasteiger partial charge in [-0.15, -0.1) is 5.10 Å². The Morgan fingerprint density at radius 2 is 2.00 bits per heavy atom. The van der Waals surface area contributed by atoms with Crippen LogP contribution in [-0.2, 0) is 6.54 Å². The highest BCUT2D eigenvalue weighted by molar-refractivity contribution is 6.28. The van der Waals surface area contributed by atoms with Gasteiger partial charge >= 0.3 is 0 Å². The van der Waals surface area contributed by atoms with Gasteiger partial charge in [0, 0.05) is 5.69 Å². The molecule has 0 aliphatic rings. The van der Waals surface area contributed by atoms with Gasteiger partial charge in [-0.1, -0.05) is 0 Å². The molecule has 0 aliphatic carbocycles. The third-order valence-electron chi connectivity index (χ3n) is 2.58. The third-order valence-corrected chi connectivity index (χ3v) is 2.78. The molecule has 7 heteroatoms. The summed E-state index contributed by atoms with van der Waals surface area (Å²) in [6.07, 6.45) is 1.55. The average molecular weight is 276 g/mol. The zero-order valence-electron chi connectivity index (χ0n) is 9.82. The standard InChI is InChI=1S/C12H10ClN5O/c13-12-6-5-11(19-12)7-14-9-1-3-10(4-2-9)18-8-15-16-17-18/h1-6,8,14H,7H2. The molecule has 2 aromatic heterocycles. The van der Waals surface area contributed by atoms with Gasteiger partial charge in [0.1, 0.15) is 12.1 Å². The van der Waals surface area contributed by atoms with Crippen LogP contribution in [0.15, 0.2) is 47.1 Å². The number of rotatable bonds is 4. The summed E-state index contributed by atoms with van der Waals surface area (Å²) in [5.74, 6) is 0.787. The molecule has 0 saturated heterocycles. The Morgan fingerprint density at radius 3 is 2.63 bits per heavy atom. The lowest BCUT2D eigenvalue weighted by molar-refractivity contribution is 0.520. The van der Waals surface area contributed by atoms with Crippen LogP contribution in [0.5, 0.6) is 0 Å². The number of tetrazole rings is 1. The summed E-state index contributed by atoms with van der Waals surface area (Å²) < 4.78 is 6.85. The van der Waals surface area contributed by atoms with E-state index in [1.165, 1.54) is 0 Å². The normalized spacial score (nSPS) is 10.6. The van der Waals surface area contributed by atoms with Crippen molar-refractivity contribution in [1.82, 2.24) is 20.2 Å². The van der Waals surface area contributed by atoms with Crippen LogP contribution >= 0.6 is 11.6 Å². The van der Waals surface area contributed by atoms with Gasteiger partial charge in [-0.05, 0) is 58.4 Å². The van der Waals surface area contributed by atoms with Crippen molar-refractivity contribution in [2.24, 2.45) is 0 Å². The van der Waals surface area contributed by atoms with Crippen LogP contribution in [0.4, 0.5) is 5.69 Å². The summed E-state index contributed by atoms with van der Waals surface area (Å²) in [7, 11) is 0. The Kier molecular flexibility index (Phi) is 3.16. The van der Waals surface area contributed by atoms with Gasteiger partial charge in [0.25, 0.3) is 0 Å². The molecular formula is C12H10ClN5O. The predicted molar refractivity (Wildman–Crippen MR) is 70.2 cm³/mol. The fourth-order valence-corrected chi connectivity index (χ4v) is 1.81. The average Bonchev–Trinajstić information content (AvgIpc) is 3.08. The first-order valence-electron chi connectivity index (χ1n) is 5.63. The molecule has 1 N–H and O–H groups in total. The smallest absolute Gasteiger partial charge is 0.193 e.